The van der Waals surface area contributed by atoms with Gasteiger partial charge in [-0.25, -0.2) is 18.7 Å². The highest BCUT2D eigenvalue weighted by atomic mass is 19.3. The number of hydrogen-bond acceptors (Lipinski definition) is 5. The van der Waals surface area contributed by atoms with Crippen LogP contribution in [0.2, 0.25) is 0 Å². The number of aromatic nitrogens is 5. The first-order valence-corrected chi connectivity index (χ1v) is 8.71. The number of rotatable bonds is 4. The van der Waals surface area contributed by atoms with Gasteiger partial charge in [-0.1, -0.05) is 12.1 Å². The zero-order valence-corrected chi connectivity index (χ0v) is 15.6. The lowest BCUT2D eigenvalue weighted by Crippen LogP contribution is -2.30. The highest BCUT2D eigenvalue weighted by Crippen LogP contribution is 2.34. The van der Waals surface area contributed by atoms with Gasteiger partial charge >= 0.3 is 0 Å². The number of anilines is 1. The van der Waals surface area contributed by atoms with Crippen molar-refractivity contribution in [2.24, 2.45) is 6.98 Å². The standard InChI is InChI=1S/C20H20F2N6O/c1-11-4-5-12(20(2,29)19(21)22)8-13(11)16-9-24-18-17(23)26-14(10-28(16)18)15-6-7-25-27(15)3/h4-10,19,29H,1-3H3,(H2,23,26)/i3D3. The van der Waals surface area contributed by atoms with Gasteiger partial charge in [0, 0.05) is 29.0 Å². The molecule has 150 valence electrons. The number of nitrogens with zero attached hydrogens (tertiary/aromatic N) is 5. The van der Waals surface area contributed by atoms with E-state index in [1.807, 2.05) is 0 Å². The number of imidazole rings is 1. The minimum absolute atomic E-state index is 0.0470. The Balaban J connectivity index is 1.93. The molecule has 1 unspecified atom stereocenters. The van der Waals surface area contributed by atoms with Crippen LogP contribution in [0.3, 0.4) is 0 Å². The third-order valence-corrected chi connectivity index (χ3v) is 4.95. The Bertz CT molecular complexity index is 1310. The van der Waals surface area contributed by atoms with Crippen molar-refractivity contribution in [2.45, 2.75) is 25.9 Å². The summed E-state index contributed by atoms with van der Waals surface area (Å²) in [4.78, 5) is 8.56. The molecule has 3 heterocycles. The van der Waals surface area contributed by atoms with Crippen LogP contribution < -0.4 is 5.73 Å². The predicted octanol–water partition coefficient (Wildman–Crippen LogP) is 3.16. The molecule has 0 aliphatic rings. The van der Waals surface area contributed by atoms with Crippen LogP contribution in [-0.4, -0.2) is 35.7 Å². The average Bonchev–Trinajstić information content (AvgIpc) is 3.35. The Hall–Kier alpha value is -3.33. The number of nitrogen functional groups attached to an aromatic ring is 1. The molecule has 0 saturated heterocycles. The van der Waals surface area contributed by atoms with E-state index in [4.69, 9.17) is 9.85 Å². The minimum atomic E-state index is -2.98. The van der Waals surface area contributed by atoms with Crippen molar-refractivity contribution >= 4 is 11.5 Å². The molecule has 0 spiro atoms. The number of hydrogen-bond donors (Lipinski definition) is 2. The van der Waals surface area contributed by atoms with Crippen molar-refractivity contribution in [1.29, 1.82) is 0 Å². The number of nitrogens with two attached hydrogens (primary N) is 1. The summed E-state index contributed by atoms with van der Waals surface area (Å²) in [6, 6.07) is 6.07. The van der Waals surface area contributed by atoms with Gasteiger partial charge in [0.25, 0.3) is 6.43 Å². The Morgan fingerprint density at radius 1 is 1.28 bits per heavy atom. The van der Waals surface area contributed by atoms with Gasteiger partial charge in [-0.15, -0.1) is 0 Å². The summed E-state index contributed by atoms with van der Waals surface area (Å²) in [5.74, 6) is 0.0560. The van der Waals surface area contributed by atoms with E-state index >= 15 is 0 Å². The smallest absolute Gasteiger partial charge is 0.270 e. The Morgan fingerprint density at radius 3 is 2.79 bits per heavy atom. The van der Waals surface area contributed by atoms with Gasteiger partial charge in [-0.3, -0.25) is 9.08 Å². The number of fused-ring (bicyclic) bond motifs is 1. The Morgan fingerprint density at radius 2 is 2.07 bits per heavy atom. The molecule has 0 saturated carbocycles. The molecule has 0 fully saturated rings. The van der Waals surface area contributed by atoms with E-state index in [1.54, 1.807) is 23.6 Å². The van der Waals surface area contributed by atoms with Gasteiger partial charge in [0.15, 0.2) is 11.5 Å². The molecule has 0 aliphatic heterocycles. The Labute approximate surface area is 169 Å². The lowest BCUT2D eigenvalue weighted by atomic mass is 9.92. The number of aliphatic hydroxyl groups is 1. The van der Waals surface area contributed by atoms with Crippen molar-refractivity contribution in [3.05, 3.63) is 54.0 Å². The van der Waals surface area contributed by atoms with E-state index in [0.29, 0.717) is 16.9 Å². The summed E-state index contributed by atoms with van der Waals surface area (Å²) >= 11 is 0. The van der Waals surface area contributed by atoms with Crippen molar-refractivity contribution in [2.75, 3.05) is 5.73 Å². The fraction of sp³-hybridized carbons (Fsp3) is 0.250. The van der Waals surface area contributed by atoms with E-state index in [0.717, 1.165) is 17.2 Å². The molecule has 1 aromatic carbocycles. The molecule has 29 heavy (non-hydrogen) atoms. The predicted molar refractivity (Wildman–Crippen MR) is 105 cm³/mol. The molecular formula is C20H20F2N6O. The van der Waals surface area contributed by atoms with E-state index < -0.39 is 19.0 Å². The first-order chi connectivity index (χ1) is 14.9. The lowest BCUT2D eigenvalue weighted by molar-refractivity contribution is -0.0883. The second kappa shape index (κ2) is 6.63. The summed E-state index contributed by atoms with van der Waals surface area (Å²) < 4.78 is 52.2. The maximum atomic E-state index is 13.4. The molecule has 4 rings (SSSR count). The van der Waals surface area contributed by atoms with Crippen molar-refractivity contribution < 1.29 is 18.0 Å². The van der Waals surface area contributed by atoms with Gasteiger partial charge in [-0.05, 0) is 37.1 Å². The SMILES string of the molecule is [2H]C([2H])([2H])n1nccc1-c1cn2c(-c3cc(C(C)(O)C(F)F)ccc3C)cnc2c(N)n1. The first-order valence-electron chi connectivity index (χ1n) is 10.2. The molecule has 0 radical (unpaired) electrons. The summed E-state index contributed by atoms with van der Waals surface area (Å²) in [7, 11) is 0. The van der Waals surface area contributed by atoms with E-state index in [1.165, 1.54) is 30.6 Å². The fourth-order valence-corrected chi connectivity index (χ4v) is 3.17. The van der Waals surface area contributed by atoms with E-state index in [-0.39, 0.29) is 22.8 Å². The largest absolute Gasteiger partial charge is 0.381 e. The van der Waals surface area contributed by atoms with Crippen LogP contribution in [-0.2, 0) is 12.6 Å². The summed E-state index contributed by atoms with van der Waals surface area (Å²) in [5.41, 5.74) is 6.41. The van der Waals surface area contributed by atoms with Crippen molar-refractivity contribution in [1.82, 2.24) is 24.1 Å². The third-order valence-electron chi connectivity index (χ3n) is 4.95. The van der Waals surface area contributed by atoms with Gasteiger partial charge in [0.05, 0.1) is 17.6 Å². The topological polar surface area (TPSA) is 94.3 Å². The van der Waals surface area contributed by atoms with E-state index in [9.17, 15) is 13.9 Å². The second-order valence-corrected chi connectivity index (χ2v) is 6.95. The zero-order chi connectivity index (χ0) is 23.4. The monoisotopic (exact) mass is 401 g/mol. The van der Waals surface area contributed by atoms with Crippen LogP contribution in [0.15, 0.2) is 42.9 Å². The van der Waals surface area contributed by atoms with Crippen LogP contribution in [0.25, 0.3) is 28.3 Å². The molecule has 0 bridgehead atoms. The minimum Gasteiger partial charge on any atom is -0.381 e. The van der Waals surface area contributed by atoms with E-state index in [2.05, 4.69) is 15.1 Å². The number of alkyl halides is 2. The van der Waals surface area contributed by atoms with Crippen LogP contribution in [0, 0.1) is 6.92 Å². The van der Waals surface area contributed by atoms with Gasteiger partial charge in [0.1, 0.15) is 11.3 Å². The normalized spacial score (nSPS) is 15.9. The average molecular weight is 401 g/mol. The van der Waals surface area contributed by atoms with Crippen LogP contribution in [0.1, 0.15) is 22.2 Å². The highest BCUT2D eigenvalue weighted by Gasteiger charge is 2.34. The lowest BCUT2D eigenvalue weighted by Gasteiger charge is -2.23. The second-order valence-electron chi connectivity index (χ2n) is 6.95. The molecule has 0 aliphatic carbocycles. The van der Waals surface area contributed by atoms with Crippen LogP contribution in [0.4, 0.5) is 14.6 Å². The molecule has 3 aromatic heterocycles. The number of benzene rings is 1. The molecule has 3 N–H and O–H groups in total. The Kier molecular flexibility index (Phi) is 3.56. The quantitative estimate of drug-likeness (QED) is 0.548. The van der Waals surface area contributed by atoms with Gasteiger partial charge < -0.3 is 10.8 Å². The van der Waals surface area contributed by atoms with Crippen molar-refractivity contribution in [3.8, 4) is 22.6 Å². The summed E-state index contributed by atoms with van der Waals surface area (Å²) in [6.07, 6.45) is 1.44. The summed E-state index contributed by atoms with van der Waals surface area (Å²) in [5, 5.41) is 14.1. The van der Waals surface area contributed by atoms with Gasteiger partial charge in [0.2, 0.25) is 0 Å². The first kappa shape index (κ1) is 15.6. The number of halogens is 2. The molecule has 4 aromatic rings. The molecule has 7 nitrogen and oxygen atoms in total. The maximum absolute atomic E-state index is 13.4. The molecule has 0 amide bonds. The zero-order valence-electron chi connectivity index (χ0n) is 18.6. The molecule has 9 heteroatoms. The van der Waals surface area contributed by atoms with Gasteiger partial charge in [-0.2, -0.15) is 5.10 Å². The maximum Gasteiger partial charge on any atom is 0.270 e. The fourth-order valence-electron chi connectivity index (χ4n) is 3.17. The molecule has 1 atom stereocenters. The van der Waals surface area contributed by atoms with Crippen LogP contribution in [0.5, 0.6) is 0 Å². The number of aryl methyl sites for hydroxylation is 2. The third kappa shape index (κ3) is 3.03. The van der Waals surface area contributed by atoms with Crippen LogP contribution >= 0.6 is 0 Å². The highest BCUT2D eigenvalue weighted by molar-refractivity contribution is 5.74. The van der Waals surface area contributed by atoms with Crippen molar-refractivity contribution in [3.63, 3.8) is 0 Å². The molecular weight excluding hydrogens is 378 g/mol. The summed E-state index contributed by atoms with van der Waals surface area (Å²) in [6.45, 7) is 0.328.